The maximum Gasteiger partial charge on any atom is 0.315 e. The number of anilines is 1. The van der Waals surface area contributed by atoms with Crippen molar-refractivity contribution in [2.45, 2.75) is 52.0 Å². The smallest absolute Gasteiger partial charge is 0.315 e. The van der Waals surface area contributed by atoms with Crippen LogP contribution in [0, 0.1) is 6.92 Å². The molecule has 1 aromatic carbocycles. The van der Waals surface area contributed by atoms with E-state index in [0.717, 1.165) is 28.6 Å². The number of nitrogens with one attached hydrogen (secondary N) is 2. The van der Waals surface area contributed by atoms with Gasteiger partial charge < -0.3 is 15.5 Å². The number of rotatable bonds is 5. The van der Waals surface area contributed by atoms with Crippen LogP contribution in [0.2, 0.25) is 0 Å². The van der Waals surface area contributed by atoms with Crippen molar-refractivity contribution in [2.75, 3.05) is 18.0 Å². The standard InChI is InChI=1S/C18H26BrN3O2/c1-13-8-9-16(12-17(13)19)22(14(2)23)11-10-20-18(24)21-15-6-4-3-5-7-15/h8-9,12,15H,3-7,10-11H2,1-2H3,(H2,20,21,24). The van der Waals surface area contributed by atoms with Gasteiger partial charge in [0, 0.05) is 36.2 Å². The molecule has 0 unspecified atom stereocenters. The first kappa shape index (κ1) is 18.8. The Labute approximate surface area is 152 Å². The number of carbonyl (C=O) groups excluding carboxylic acids is 2. The van der Waals surface area contributed by atoms with Crippen LogP contribution in [-0.4, -0.2) is 31.1 Å². The van der Waals surface area contributed by atoms with Gasteiger partial charge in [-0.3, -0.25) is 4.79 Å². The van der Waals surface area contributed by atoms with Crippen molar-refractivity contribution in [3.05, 3.63) is 28.2 Å². The summed E-state index contributed by atoms with van der Waals surface area (Å²) in [5, 5.41) is 5.87. The zero-order valence-corrected chi connectivity index (χ0v) is 16.0. The lowest BCUT2D eigenvalue weighted by atomic mass is 9.96. The largest absolute Gasteiger partial charge is 0.336 e. The second-order valence-corrected chi connectivity index (χ2v) is 7.19. The van der Waals surface area contributed by atoms with Crippen molar-refractivity contribution in [3.8, 4) is 0 Å². The summed E-state index contributed by atoms with van der Waals surface area (Å²) in [5.74, 6) is -0.0414. The van der Waals surface area contributed by atoms with Crippen molar-refractivity contribution < 1.29 is 9.59 Å². The van der Waals surface area contributed by atoms with Crippen LogP contribution in [0.3, 0.4) is 0 Å². The van der Waals surface area contributed by atoms with Crippen LogP contribution in [-0.2, 0) is 4.79 Å². The Kier molecular flexibility index (Phi) is 7.09. The number of aryl methyl sites for hydroxylation is 1. The molecule has 5 nitrogen and oxygen atoms in total. The number of hydrogen-bond acceptors (Lipinski definition) is 2. The van der Waals surface area contributed by atoms with Crippen LogP contribution >= 0.6 is 15.9 Å². The first-order valence-corrected chi connectivity index (χ1v) is 9.35. The van der Waals surface area contributed by atoms with Crippen molar-refractivity contribution in [3.63, 3.8) is 0 Å². The SMILES string of the molecule is CC(=O)N(CCNC(=O)NC1CCCCC1)c1ccc(C)c(Br)c1. The Morgan fingerprint density at radius 2 is 1.96 bits per heavy atom. The minimum Gasteiger partial charge on any atom is -0.336 e. The first-order valence-electron chi connectivity index (χ1n) is 8.56. The van der Waals surface area contributed by atoms with Crippen LogP contribution in [0.15, 0.2) is 22.7 Å². The summed E-state index contributed by atoms with van der Waals surface area (Å²) >= 11 is 3.49. The number of carbonyl (C=O) groups is 2. The Morgan fingerprint density at radius 1 is 1.25 bits per heavy atom. The maximum absolute atomic E-state index is 12.0. The fraction of sp³-hybridized carbons (Fsp3) is 0.556. The Hall–Kier alpha value is -1.56. The van der Waals surface area contributed by atoms with E-state index in [1.54, 1.807) is 4.90 Å². The average Bonchev–Trinajstić information content (AvgIpc) is 2.55. The molecule has 24 heavy (non-hydrogen) atoms. The Balaban J connectivity index is 1.84. The zero-order valence-electron chi connectivity index (χ0n) is 14.4. The highest BCUT2D eigenvalue weighted by Gasteiger charge is 2.16. The molecule has 1 aliphatic rings. The van der Waals surface area contributed by atoms with E-state index in [1.807, 2.05) is 25.1 Å². The van der Waals surface area contributed by atoms with E-state index in [-0.39, 0.29) is 18.0 Å². The molecule has 132 valence electrons. The van der Waals surface area contributed by atoms with Crippen molar-refractivity contribution in [2.24, 2.45) is 0 Å². The third-order valence-electron chi connectivity index (χ3n) is 4.41. The number of hydrogen-bond donors (Lipinski definition) is 2. The fourth-order valence-corrected chi connectivity index (χ4v) is 3.35. The topological polar surface area (TPSA) is 61.4 Å². The molecule has 3 amide bonds. The second kappa shape index (κ2) is 9.06. The lowest BCUT2D eigenvalue weighted by Gasteiger charge is -2.24. The minimum atomic E-state index is -0.143. The van der Waals surface area contributed by atoms with Crippen molar-refractivity contribution in [1.82, 2.24) is 10.6 Å². The number of nitrogens with zero attached hydrogens (tertiary/aromatic N) is 1. The van der Waals surface area contributed by atoms with Crippen LogP contribution in [0.25, 0.3) is 0 Å². The maximum atomic E-state index is 12.0. The van der Waals surface area contributed by atoms with Gasteiger partial charge in [0.15, 0.2) is 0 Å². The summed E-state index contributed by atoms with van der Waals surface area (Å²) in [6.45, 7) is 4.41. The zero-order chi connectivity index (χ0) is 17.5. The molecule has 0 heterocycles. The number of amides is 3. The van der Waals surface area contributed by atoms with E-state index in [2.05, 4.69) is 26.6 Å². The molecular formula is C18H26BrN3O2. The predicted octanol–water partition coefficient (Wildman–Crippen LogP) is 3.74. The molecule has 0 aliphatic heterocycles. The van der Waals surface area contributed by atoms with Gasteiger partial charge in [0.05, 0.1) is 0 Å². The third-order valence-corrected chi connectivity index (χ3v) is 5.26. The van der Waals surface area contributed by atoms with Gasteiger partial charge in [-0.15, -0.1) is 0 Å². The quantitative estimate of drug-likeness (QED) is 0.797. The van der Waals surface area contributed by atoms with E-state index in [0.29, 0.717) is 13.1 Å². The minimum absolute atomic E-state index is 0.0414. The summed E-state index contributed by atoms with van der Waals surface area (Å²) in [6.07, 6.45) is 5.75. The normalized spacial score (nSPS) is 15.0. The summed E-state index contributed by atoms with van der Waals surface area (Å²) in [6, 6.07) is 5.97. The lowest BCUT2D eigenvalue weighted by molar-refractivity contribution is -0.116. The average molecular weight is 396 g/mol. The van der Waals surface area contributed by atoms with Gasteiger partial charge >= 0.3 is 6.03 Å². The van der Waals surface area contributed by atoms with E-state index in [9.17, 15) is 9.59 Å². The van der Waals surface area contributed by atoms with Crippen LogP contribution in [0.4, 0.5) is 10.5 Å². The first-order chi connectivity index (χ1) is 11.5. The fourth-order valence-electron chi connectivity index (χ4n) is 2.98. The van der Waals surface area contributed by atoms with Gasteiger partial charge in [0.1, 0.15) is 0 Å². The molecule has 1 fully saturated rings. The summed E-state index contributed by atoms with van der Waals surface area (Å²) < 4.78 is 0.967. The van der Waals surface area contributed by atoms with Gasteiger partial charge in [0.2, 0.25) is 5.91 Å². The monoisotopic (exact) mass is 395 g/mol. The molecule has 0 radical (unpaired) electrons. The van der Waals surface area contributed by atoms with Crippen molar-refractivity contribution in [1.29, 1.82) is 0 Å². The Morgan fingerprint density at radius 3 is 2.58 bits per heavy atom. The molecule has 2 rings (SSSR count). The number of halogens is 1. The molecule has 0 bridgehead atoms. The molecule has 1 saturated carbocycles. The van der Waals surface area contributed by atoms with Crippen molar-refractivity contribution >= 4 is 33.6 Å². The lowest BCUT2D eigenvalue weighted by Crippen LogP contribution is -2.45. The highest BCUT2D eigenvalue weighted by Crippen LogP contribution is 2.23. The van der Waals surface area contributed by atoms with E-state index < -0.39 is 0 Å². The summed E-state index contributed by atoms with van der Waals surface area (Å²) in [4.78, 5) is 25.6. The molecule has 0 saturated heterocycles. The highest BCUT2D eigenvalue weighted by molar-refractivity contribution is 9.10. The molecule has 0 aromatic heterocycles. The predicted molar refractivity (Wildman–Crippen MR) is 100 cm³/mol. The van der Waals surface area contributed by atoms with Crippen LogP contribution in [0.1, 0.15) is 44.6 Å². The molecule has 1 aliphatic carbocycles. The highest BCUT2D eigenvalue weighted by atomic mass is 79.9. The van der Waals surface area contributed by atoms with E-state index in [4.69, 9.17) is 0 Å². The number of urea groups is 1. The molecule has 0 atom stereocenters. The van der Waals surface area contributed by atoms with Gasteiger partial charge in [-0.05, 0) is 37.5 Å². The summed E-state index contributed by atoms with van der Waals surface area (Å²) in [5.41, 5.74) is 1.95. The molecule has 1 aromatic rings. The molecular weight excluding hydrogens is 370 g/mol. The van der Waals surface area contributed by atoms with Crippen LogP contribution < -0.4 is 15.5 Å². The third kappa shape index (κ3) is 5.51. The molecule has 0 spiro atoms. The van der Waals surface area contributed by atoms with E-state index in [1.165, 1.54) is 26.2 Å². The van der Waals surface area contributed by atoms with Gasteiger partial charge in [0.25, 0.3) is 0 Å². The molecule has 2 N–H and O–H groups in total. The van der Waals surface area contributed by atoms with E-state index >= 15 is 0 Å². The number of benzene rings is 1. The second-order valence-electron chi connectivity index (χ2n) is 6.34. The summed E-state index contributed by atoms with van der Waals surface area (Å²) in [7, 11) is 0. The molecule has 6 heteroatoms. The van der Waals surface area contributed by atoms with Crippen LogP contribution in [0.5, 0.6) is 0 Å². The van der Waals surface area contributed by atoms with Gasteiger partial charge in [-0.25, -0.2) is 4.79 Å². The van der Waals surface area contributed by atoms with Gasteiger partial charge in [-0.1, -0.05) is 41.3 Å². The Bertz CT molecular complexity index is 586. The van der Waals surface area contributed by atoms with Gasteiger partial charge in [-0.2, -0.15) is 0 Å².